The maximum Gasteiger partial charge on any atom is 0.0101 e. The number of nitrogens with two attached hydrogens (primary N) is 1. The highest BCUT2D eigenvalue weighted by Gasteiger charge is 2.33. The van der Waals surface area contributed by atoms with Crippen molar-refractivity contribution in [2.75, 3.05) is 0 Å². The summed E-state index contributed by atoms with van der Waals surface area (Å²) in [6.45, 7) is 0. The fraction of sp³-hybridized carbons (Fsp3) is 1.00. The van der Waals surface area contributed by atoms with Crippen molar-refractivity contribution in [2.45, 2.75) is 102 Å². The lowest BCUT2D eigenvalue weighted by Crippen LogP contribution is -2.48. The summed E-state index contributed by atoms with van der Waals surface area (Å²) in [7, 11) is 0. The topological polar surface area (TPSA) is 38.0 Å². The summed E-state index contributed by atoms with van der Waals surface area (Å²) < 4.78 is 0. The smallest absolute Gasteiger partial charge is 0.0101 e. The monoisotopic (exact) mass is 278 g/mol. The van der Waals surface area contributed by atoms with Crippen LogP contribution in [0.2, 0.25) is 0 Å². The Kier molecular flexibility index (Phi) is 5.39. The molecule has 3 rings (SSSR count). The second-order valence-electron chi connectivity index (χ2n) is 7.73. The third-order valence-electron chi connectivity index (χ3n) is 6.30. The third-order valence-corrected chi connectivity index (χ3v) is 6.30. The van der Waals surface area contributed by atoms with Crippen LogP contribution in [0.5, 0.6) is 0 Å². The molecule has 0 radical (unpaired) electrons. The van der Waals surface area contributed by atoms with Crippen LogP contribution in [0.3, 0.4) is 0 Å². The van der Waals surface area contributed by atoms with Gasteiger partial charge < -0.3 is 11.1 Å². The molecular formula is C18H34N2. The van der Waals surface area contributed by atoms with Gasteiger partial charge in [-0.05, 0) is 50.4 Å². The van der Waals surface area contributed by atoms with Crippen LogP contribution in [0.1, 0.15) is 83.5 Å². The van der Waals surface area contributed by atoms with Crippen molar-refractivity contribution in [1.82, 2.24) is 5.32 Å². The van der Waals surface area contributed by atoms with E-state index in [1.807, 2.05) is 0 Å². The van der Waals surface area contributed by atoms with Crippen LogP contribution in [0.4, 0.5) is 0 Å². The lowest BCUT2D eigenvalue weighted by molar-refractivity contribution is 0.134. The van der Waals surface area contributed by atoms with E-state index in [1.165, 1.54) is 83.5 Å². The van der Waals surface area contributed by atoms with E-state index in [4.69, 9.17) is 5.73 Å². The first kappa shape index (κ1) is 14.8. The van der Waals surface area contributed by atoms with E-state index < -0.39 is 0 Å². The van der Waals surface area contributed by atoms with Crippen molar-refractivity contribution in [3.63, 3.8) is 0 Å². The van der Waals surface area contributed by atoms with E-state index in [-0.39, 0.29) is 0 Å². The lowest BCUT2D eigenvalue weighted by Gasteiger charge is -2.42. The van der Waals surface area contributed by atoms with Crippen molar-refractivity contribution < 1.29 is 0 Å². The molecule has 0 aromatic heterocycles. The number of rotatable bonds is 3. The molecule has 3 saturated carbocycles. The Hall–Kier alpha value is -0.0800. The van der Waals surface area contributed by atoms with Gasteiger partial charge in [-0.1, -0.05) is 44.9 Å². The maximum atomic E-state index is 6.05. The average Bonchev–Trinajstić information content (AvgIpc) is 2.51. The van der Waals surface area contributed by atoms with Crippen LogP contribution in [0.15, 0.2) is 0 Å². The zero-order chi connectivity index (χ0) is 13.8. The van der Waals surface area contributed by atoms with Crippen LogP contribution in [0.25, 0.3) is 0 Å². The minimum absolute atomic E-state index is 0.480. The zero-order valence-corrected chi connectivity index (χ0v) is 13.2. The van der Waals surface area contributed by atoms with Crippen LogP contribution in [-0.4, -0.2) is 18.1 Å². The molecule has 0 saturated heterocycles. The maximum absolute atomic E-state index is 6.05. The molecule has 0 aromatic carbocycles. The molecule has 0 aromatic rings. The van der Waals surface area contributed by atoms with Gasteiger partial charge in [-0.3, -0.25) is 0 Å². The first-order valence-corrected chi connectivity index (χ1v) is 9.34. The van der Waals surface area contributed by atoms with Crippen LogP contribution < -0.4 is 11.1 Å². The molecule has 2 nitrogen and oxygen atoms in total. The normalized spacial score (nSPS) is 40.6. The highest BCUT2D eigenvalue weighted by atomic mass is 15.0. The van der Waals surface area contributed by atoms with Gasteiger partial charge in [-0.25, -0.2) is 0 Å². The SMILES string of the molecule is NC1CCC(NC2CCCCC2C2CCCCC2)CC1. The molecule has 0 spiro atoms. The third kappa shape index (κ3) is 3.76. The minimum Gasteiger partial charge on any atom is -0.328 e. The Morgan fingerprint density at radius 2 is 1.30 bits per heavy atom. The molecule has 20 heavy (non-hydrogen) atoms. The summed E-state index contributed by atoms with van der Waals surface area (Å²) in [5.41, 5.74) is 6.05. The van der Waals surface area contributed by atoms with E-state index in [0.717, 1.165) is 23.9 Å². The Balaban J connectivity index is 1.54. The first-order chi connectivity index (χ1) is 9.83. The molecule has 0 bridgehead atoms. The fourth-order valence-electron chi connectivity index (χ4n) is 5.08. The van der Waals surface area contributed by atoms with Gasteiger partial charge in [0.1, 0.15) is 0 Å². The summed E-state index contributed by atoms with van der Waals surface area (Å²) in [5.74, 6) is 2.02. The van der Waals surface area contributed by atoms with Gasteiger partial charge in [0.2, 0.25) is 0 Å². The summed E-state index contributed by atoms with van der Waals surface area (Å²) in [5, 5.41) is 4.07. The van der Waals surface area contributed by atoms with Gasteiger partial charge >= 0.3 is 0 Å². The van der Waals surface area contributed by atoms with Gasteiger partial charge in [-0.2, -0.15) is 0 Å². The molecule has 2 atom stereocenters. The molecule has 3 aliphatic carbocycles. The highest BCUT2D eigenvalue weighted by Crippen LogP contribution is 2.39. The van der Waals surface area contributed by atoms with E-state index in [0.29, 0.717) is 6.04 Å². The van der Waals surface area contributed by atoms with Gasteiger partial charge in [0.15, 0.2) is 0 Å². The minimum atomic E-state index is 0.480. The van der Waals surface area contributed by atoms with E-state index in [1.54, 1.807) is 0 Å². The molecule has 116 valence electrons. The van der Waals surface area contributed by atoms with Crippen molar-refractivity contribution in [3.8, 4) is 0 Å². The number of nitrogens with one attached hydrogen (secondary N) is 1. The average molecular weight is 278 g/mol. The molecule has 0 heterocycles. The molecule has 0 aliphatic heterocycles. The summed E-state index contributed by atoms with van der Waals surface area (Å²) >= 11 is 0. The van der Waals surface area contributed by atoms with Gasteiger partial charge in [0, 0.05) is 18.1 Å². The van der Waals surface area contributed by atoms with Crippen LogP contribution >= 0.6 is 0 Å². The van der Waals surface area contributed by atoms with Gasteiger partial charge in [0.05, 0.1) is 0 Å². The second kappa shape index (κ2) is 7.26. The predicted molar refractivity (Wildman–Crippen MR) is 85.7 cm³/mol. The first-order valence-electron chi connectivity index (χ1n) is 9.34. The lowest BCUT2D eigenvalue weighted by atomic mass is 9.70. The predicted octanol–water partition coefficient (Wildman–Crippen LogP) is 3.99. The largest absolute Gasteiger partial charge is 0.328 e. The molecular weight excluding hydrogens is 244 g/mol. The molecule has 3 aliphatic rings. The Morgan fingerprint density at radius 1 is 0.650 bits per heavy atom. The van der Waals surface area contributed by atoms with Gasteiger partial charge in [-0.15, -0.1) is 0 Å². The van der Waals surface area contributed by atoms with Crippen LogP contribution in [0, 0.1) is 11.8 Å². The van der Waals surface area contributed by atoms with Crippen molar-refractivity contribution in [3.05, 3.63) is 0 Å². The zero-order valence-electron chi connectivity index (χ0n) is 13.2. The van der Waals surface area contributed by atoms with Crippen molar-refractivity contribution in [2.24, 2.45) is 17.6 Å². The summed E-state index contributed by atoms with van der Waals surface area (Å²) in [6, 6.07) is 2.07. The quantitative estimate of drug-likeness (QED) is 0.819. The summed E-state index contributed by atoms with van der Waals surface area (Å²) in [4.78, 5) is 0. The molecule has 3 N–H and O–H groups in total. The Bertz CT molecular complexity index is 277. The van der Waals surface area contributed by atoms with E-state index >= 15 is 0 Å². The fourth-order valence-corrected chi connectivity index (χ4v) is 5.08. The van der Waals surface area contributed by atoms with Crippen molar-refractivity contribution >= 4 is 0 Å². The van der Waals surface area contributed by atoms with Crippen LogP contribution in [-0.2, 0) is 0 Å². The Labute approximate surface area is 125 Å². The molecule has 2 unspecified atom stereocenters. The van der Waals surface area contributed by atoms with E-state index in [2.05, 4.69) is 5.32 Å². The molecule has 3 fully saturated rings. The molecule has 0 amide bonds. The van der Waals surface area contributed by atoms with Crippen molar-refractivity contribution in [1.29, 1.82) is 0 Å². The summed E-state index contributed by atoms with van der Waals surface area (Å²) in [6.07, 6.45) is 18.5. The van der Waals surface area contributed by atoms with Gasteiger partial charge in [0.25, 0.3) is 0 Å². The number of hydrogen-bond acceptors (Lipinski definition) is 2. The Morgan fingerprint density at radius 3 is 2.05 bits per heavy atom. The highest BCUT2D eigenvalue weighted by molar-refractivity contribution is 4.90. The molecule has 2 heteroatoms. The second-order valence-corrected chi connectivity index (χ2v) is 7.73. The standard InChI is InChI=1S/C18H34N2/c19-15-10-12-16(13-11-15)20-18-9-5-4-8-17(18)14-6-2-1-3-7-14/h14-18,20H,1-13,19H2. The van der Waals surface area contributed by atoms with E-state index in [9.17, 15) is 0 Å². The number of hydrogen-bond donors (Lipinski definition) is 2.